The zero-order valence-electron chi connectivity index (χ0n) is 12.3. The van der Waals surface area contributed by atoms with Crippen molar-refractivity contribution in [2.24, 2.45) is 7.05 Å². The molecule has 3 rings (SSSR count). The molecule has 1 aromatic heterocycles. The Morgan fingerprint density at radius 1 is 1.17 bits per heavy atom. The smallest absolute Gasteiger partial charge is 0.408 e. The summed E-state index contributed by atoms with van der Waals surface area (Å²) in [5, 5.41) is 2.25. The lowest BCUT2D eigenvalue weighted by atomic mass is 10.1. The Labute approximate surface area is 133 Å². The molecule has 124 valence electrons. The number of fused-ring (bicyclic) bond motifs is 1. The van der Waals surface area contributed by atoms with Gasteiger partial charge in [0.15, 0.2) is 5.58 Å². The molecule has 2 aromatic carbocycles. The third kappa shape index (κ3) is 2.78. The fraction of sp³-hybridized carbons (Fsp3) is 0.125. The predicted molar refractivity (Wildman–Crippen MR) is 80.9 cm³/mol. The highest BCUT2D eigenvalue weighted by atomic mass is 19.4. The minimum atomic E-state index is -4.58. The number of carbonyl (C=O) groups excluding carboxylic acids is 1. The van der Waals surface area contributed by atoms with Crippen LogP contribution in [0.3, 0.4) is 0 Å². The molecule has 0 fully saturated rings. The summed E-state index contributed by atoms with van der Waals surface area (Å²) in [7, 11) is 1.47. The molecule has 24 heavy (non-hydrogen) atoms. The van der Waals surface area contributed by atoms with E-state index >= 15 is 0 Å². The normalized spacial score (nSPS) is 11.7. The number of para-hydroxylation sites is 1. The van der Waals surface area contributed by atoms with Crippen molar-refractivity contribution in [3.05, 3.63) is 64.1 Å². The van der Waals surface area contributed by atoms with Gasteiger partial charge in [0.25, 0.3) is 5.91 Å². The lowest BCUT2D eigenvalue weighted by molar-refractivity contribution is -0.136. The van der Waals surface area contributed by atoms with Crippen molar-refractivity contribution in [2.75, 3.05) is 5.32 Å². The molecular formula is C16H11F3N2O3. The summed E-state index contributed by atoms with van der Waals surface area (Å²) >= 11 is 0. The van der Waals surface area contributed by atoms with Gasteiger partial charge in [-0.25, -0.2) is 4.79 Å². The number of benzene rings is 2. The van der Waals surface area contributed by atoms with Crippen LogP contribution in [0.25, 0.3) is 11.1 Å². The lowest BCUT2D eigenvalue weighted by Gasteiger charge is -2.13. The highest BCUT2D eigenvalue weighted by Gasteiger charge is 2.33. The van der Waals surface area contributed by atoms with Gasteiger partial charge >= 0.3 is 11.9 Å². The van der Waals surface area contributed by atoms with Crippen molar-refractivity contribution < 1.29 is 22.4 Å². The average molecular weight is 336 g/mol. The van der Waals surface area contributed by atoms with E-state index in [0.29, 0.717) is 5.52 Å². The number of hydrogen-bond acceptors (Lipinski definition) is 3. The van der Waals surface area contributed by atoms with Crippen LogP contribution in [0.4, 0.5) is 18.9 Å². The number of alkyl halides is 3. The summed E-state index contributed by atoms with van der Waals surface area (Å²) in [4.78, 5) is 23.7. The zero-order valence-corrected chi connectivity index (χ0v) is 12.3. The summed E-state index contributed by atoms with van der Waals surface area (Å²) in [6, 6.07) is 8.87. The maximum Gasteiger partial charge on any atom is 0.419 e. The average Bonchev–Trinajstić information content (AvgIpc) is 2.81. The molecule has 1 amide bonds. The van der Waals surface area contributed by atoms with Crippen molar-refractivity contribution in [3.8, 4) is 0 Å². The molecule has 0 saturated carbocycles. The van der Waals surface area contributed by atoms with E-state index in [1.54, 1.807) is 0 Å². The maximum absolute atomic E-state index is 13.0. The minimum Gasteiger partial charge on any atom is -0.408 e. The highest BCUT2D eigenvalue weighted by Crippen LogP contribution is 2.34. The molecule has 1 heterocycles. The fourth-order valence-corrected chi connectivity index (χ4v) is 2.30. The van der Waals surface area contributed by atoms with Gasteiger partial charge in [0.2, 0.25) is 0 Å². The van der Waals surface area contributed by atoms with Gasteiger partial charge in [0.05, 0.1) is 16.8 Å². The summed E-state index contributed by atoms with van der Waals surface area (Å²) in [5.41, 5.74) is -0.506. The van der Waals surface area contributed by atoms with E-state index in [1.165, 1.54) is 48.0 Å². The van der Waals surface area contributed by atoms with Crippen LogP contribution >= 0.6 is 0 Å². The number of nitrogens with zero attached hydrogens (tertiary/aromatic N) is 1. The second-order valence-corrected chi connectivity index (χ2v) is 5.11. The Hall–Kier alpha value is -3.03. The largest absolute Gasteiger partial charge is 0.419 e. The number of oxazole rings is 1. The number of carbonyl (C=O) groups is 1. The van der Waals surface area contributed by atoms with Crippen molar-refractivity contribution >= 4 is 22.7 Å². The number of halogens is 3. The molecule has 0 spiro atoms. The Morgan fingerprint density at radius 3 is 2.58 bits per heavy atom. The third-order valence-corrected chi connectivity index (χ3v) is 3.53. The Balaban J connectivity index is 1.97. The molecule has 0 atom stereocenters. The van der Waals surface area contributed by atoms with Gasteiger partial charge < -0.3 is 9.73 Å². The SMILES string of the molecule is Cn1c(=O)oc2ccc(C(=O)Nc3ccccc3C(F)(F)F)cc21. The molecular weight excluding hydrogens is 325 g/mol. The van der Waals surface area contributed by atoms with Crippen molar-refractivity contribution in [1.29, 1.82) is 0 Å². The van der Waals surface area contributed by atoms with Crippen LogP contribution in [0.15, 0.2) is 51.7 Å². The zero-order chi connectivity index (χ0) is 17.5. The quantitative estimate of drug-likeness (QED) is 0.780. The molecule has 0 aliphatic carbocycles. The number of hydrogen-bond donors (Lipinski definition) is 1. The molecule has 3 aromatic rings. The number of amides is 1. The topological polar surface area (TPSA) is 64.2 Å². The Kier molecular flexibility index (Phi) is 3.67. The summed E-state index contributed by atoms with van der Waals surface area (Å²) < 4.78 is 45.0. The van der Waals surface area contributed by atoms with Gasteiger partial charge in [0.1, 0.15) is 0 Å². The van der Waals surface area contributed by atoms with E-state index < -0.39 is 23.4 Å². The van der Waals surface area contributed by atoms with Crippen LogP contribution < -0.4 is 11.1 Å². The van der Waals surface area contributed by atoms with Gasteiger partial charge in [-0.2, -0.15) is 13.2 Å². The molecule has 5 nitrogen and oxygen atoms in total. The molecule has 0 bridgehead atoms. The van der Waals surface area contributed by atoms with Crippen LogP contribution in [-0.4, -0.2) is 10.5 Å². The summed E-state index contributed by atoms with van der Waals surface area (Å²) in [6.45, 7) is 0. The van der Waals surface area contributed by atoms with E-state index in [1.807, 2.05) is 0 Å². The van der Waals surface area contributed by atoms with Gasteiger partial charge in [0, 0.05) is 12.6 Å². The van der Waals surface area contributed by atoms with E-state index in [2.05, 4.69) is 5.32 Å². The summed E-state index contributed by atoms with van der Waals surface area (Å²) in [6.07, 6.45) is -4.58. The van der Waals surface area contributed by atoms with Gasteiger partial charge in [-0.05, 0) is 30.3 Å². The monoisotopic (exact) mass is 336 g/mol. The van der Waals surface area contributed by atoms with Crippen LogP contribution in [0.5, 0.6) is 0 Å². The maximum atomic E-state index is 13.0. The predicted octanol–water partition coefficient (Wildman–Crippen LogP) is 3.40. The molecule has 0 aliphatic heterocycles. The first-order valence-corrected chi connectivity index (χ1v) is 6.84. The van der Waals surface area contributed by atoms with E-state index in [0.717, 1.165) is 6.07 Å². The lowest BCUT2D eigenvalue weighted by Crippen LogP contribution is -2.16. The molecule has 0 radical (unpaired) electrons. The van der Waals surface area contributed by atoms with Crippen LogP contribution in [-0.2, 0) is 13.2 Å². The second-order valence-electron chi connectivity index (χ2n) is 5.11. The fourth-order valence-electron chi connectivity index (χ4n) is 2.30. The summed E-state index contributed by atoms with van der Waals surface area (Å²) in [5.74, 6) is -1.31. The Morgan fingerprint density at radius 2 is 1.88 bits per heavy atom. The van der Waals surface area contributed by atoms with Crippen LogP contribution in [0.1, 0.15) is 15.9 Å². The number of rotatable bonds is 2. The van der Waals surface area contributed by atoms with Crippen molar-refractivity contribution in [1.82, 2.24) is 4.57 Å². The standard InChI is InChI=1S/C16H11F3N2O3/c1-21-12-8-9(6-7-13(12)24-15(21)23)14(22)20-11-5-3-2-4-10(11)16(17,18)19/h2-8H,1H3,(H,20,22). The van der Waals surface area contributed by atoms with E-state index in [-0.39, 0.29) is 16.8 Å². The minimum absolute atomic E-state index is 0.107. The van der Waals surface area contributed by atoms with Crippen LogP contribution in [0, 0.1) is 0 Å². The number of aryl methyl sites for hydroxylation is 1. The van der Waals surface area contributed by atoms with Crippen molar-refractivity contribution in [2.45, 2.75) is 6.18 Å². The number of aromatic nitrogens is 1. The Bertz CT molecular complexity index is 986. The molecule has 0 saturated heterocycles. The first-order chi connectivity index (χ1) is 11.3. The number of nitrogens with one attached hydrogen (secondary N) is 1. The first kappa shape index (κ1) is 15.9. The van der Waals surface area contributed by atoms with Crippen molar-refractivity contribution in [3.63, 3.8) is 0 Å². The molecule has 1 N–H and O–H groups in total. The van der Waals surface area contributed by atoms with E-state index in [4.69, 9.17) is 4.42 Å². The molecule has 8 heteroatoms. The van der Waals surface area contributed by atoms with Gasteiger partial charge in [-0.15, -0.1) is 0 Å². The molecule has 0 unspecified atom stereocenters. The highest BCUT2D eigenvalue weighted by molar-refractivity contribution is 6.06. The molecule has 0 aliphatic rings. The first-order valence-electron chi connectivity index (χ1n) is 6.84. The van der Waals surface area contributed by atoms with Crippen LogP contribution in [0.2, 0.25) is 0 Å². The number of anilines is 1. The third-order valence-electron chi connectivity index (χ3n) is 3.53. The van der Waals surface area contributed by atoms with Gasteiger partial charge in [-0.3, -0.25) is 9.36 Å². The second kappa shape index (κ2) is 5.55. The van der Waals surface area contributed by atoms with Gasteiger partial charge in [-0.1, -0.05) is 12.1 Å². The van der Waals surface area contributed by atoms with E-state index in [9.17, 15) is 22.8 Å².